The lowest BCUT2D eigenvalue weighted by Gasteiger charge is -2.09. The van der Waals surface area contributed by atoms with Crippen molar-refractivity contribution in [2.24, 2.45) is 5.92 Å². The Labute approximate surface area is 187 Å². The van der Waals surface area contributed by atoms with Crippen LogP contribution in [0.4, 0.5) is 0 Å². The van der Waals surface area contributed by atoms with Gasteiger partial charge in [-0.1, -0.05) is 51.5 Å². The van der Waals surface area contributed by atoms with E-state index in [1.54, 1.807) is 12.4 Å². The van der Waals surface area contributed by atoms with Crippen molar-refractivity contribution in [1.82, 2.24) is 34.7 Å². The Morgan fingerprint density at radius 1 is 1.09 bits per heavy atom. The fourth-order valence-electron chi connectivity index (χ4n) is 3.84. The van der Waals surface area contributed by atoms with E-state index in [1.165, 1.54) is 0 Å². The first-order chi connectivity index (χ1) is 15.6. The third-order valence-electron chi connectivity index (χ3n) is 5.59. The molecule has 1 aromatic carbocycles. The van der Waals surface area contributed by atoms with Crippen LogP contribution in [0.2, 0.25) is 0 Å². The third-order valence-corrected chi connectivity index (χ3v) is 5.59. The summed E-state index contributed by atoms with van der Waals surface area (Å²) >= 11 is 0. The maximum Gasteiger partial charge on any atom is 0.328 e. The minimum absolute atomic E-state index is 0.0757. The molecule has 1 N–H and O–H groups in total. The minimum atomic E-state index is 0.0757. The number of rotatable bonds is 9. The summed E-state index contributed by atoms with van der Waals surface area (Å²) in [5.74, 6) is 1.08. The number of imidazole rings is 1. The van der Waals surface area contributed by atoms with Crippen LogP contribution in [0.1, 0.15) is 44.9 Å². The number of nitrogens with zero attached hydrogens (tertiary/aromatic N) is 6. The SMILES string of the molecule is CCCc1cn(CCC(C)C)c(=O)n1Cc1ccc(-c2ccncc2-c2nn[nH]n2)cc1. The molecule has 0 saturated carbocycles. The second kappa shape index (κ2) is 9.72. The van der Waals surface area contributed by atoms with Gasteiger partial charge in [-0.2, -0.15) is 5.21 Å². The van der Waals surface area contributed by atoms with Gasteiger partial charge in [0, 0.05) is 36.4 Å². The molecule has 32 heavy (non-hydrogen) atoms. The predicted octanol–water partition coefficient (Wildman–Crippen LogP) is 3.94. The summed E-state index contributed by atoms with van der Waals surface area (Å²) in [5, 5.41) is 14.3. The Hall–Kier alpha value is -3.55. The number of hydrogen-bond acceptors (Lipinski definition) is 5. The van der Waals surface area contributed by atoms with Crippen LogP contribution in [0, 0.1) is 5.92 Å². The lowest BCUT2D eigenvalue weighted by Crippen LogP contribution is -2.26. The van der Waals surface area contributed by atoms with Gasteiger partial charge in [-0.05, 0) is 46.7 Å². The molecule has 0 radical (unpaired) electrons. The van der Waals surface area contributed by atoms with Crippen molar-refractivity contribution in [2.45, 2.75) is 53.1 Å². The van der Waals surface area contributed by atoms with Crippen molar-refractivity contribution in [3.05, 3.63) is 70.7 Å². The number of H-pyrrole nitrogens is 1. The molecule has 0 aliphatic carbocycles. The van der Waals surface area contributed by atoms with Crippen molar-refractivity contribution in [3.63, 3.8) is 0 Å². The van der Waals surface area contributed by atoms with E-state index >= 15 is 0 Å². The molecule has 0 saturated heterocycles. The molecule has 0 fully saturated rings. The molecule has 4 rings (SSSR count). The van der Waals surface area contributed by atoms with Crippen molar-refractivity contribution in [1.29, 1.82) is 0 Å². The lowest BCUT2D eigenvalue weighted by atomic mass is 10.00. The largest absolute Gasteiger partial charge is 0.328 e. The van der Waals surface area contributed by atoms with E-state index in [2.05, 4.69) is 70.6 Å². The molecule has 3 aromatic heterocycles. The van der Waals surface area contributed by atoms with Gasteiger partial charge >= 0.3 is 5.69 Å². The molecule has 0 atom stereocenters. The first-order valence-electron chi connectivity index (χ1n) is 11.1. The number of pyridine rings is 1. The summed E-state index contributed by atoms with van der Waals surface area (Å²) < 4.78 is 3.78. The van der Waals surface area contributed by atoms with E-state index in [9.17, 15) is 4.79 Å². The molecule has 0 bridgehead atoms. The predicted molar refractivity (Wildman–Crippen MR) is 124 cm³/mol. The van der Waals surface area contributed by atoms with Gasteiger partial charge in [0.2, 0.25) is 5.82 Å². The second-order valence-electron chi connectivity index (χ2n) is 8.47. The molecular weight excluding hydrogens is 402 g/mol. The van der Waals surface area contributed by atoms with Crippen molar-refractivity contribution < 1.29 is 0 Å². The van der Waals surface area contributed by atoms with Gasteiger partial charge < -0.3 is 0 Å². The average molecular weight is 432 g/mol. The van der Waals surface area contributed by atoms with Crippen LogP contribution in [-0.4, -0.2) is 34.7 Å². The third kappa shape index (κ3) is 4.69. The van der Waals surface area contributed by atoms with E-state index in [4.69, 9.17) is 0 Å². The van der Waals surface area contributed by atoms with E-state index in [0.717, 1.165) is 53.8 Å². The highest BCUT2D eigenvalue weighted by molar-refractivity contribution is 5.79. The molecular formula is C24H29N7O. The van der Waals surface area contributed by atoms with E-state index in [0.29, 0.717) is 18.3 Å². The molecule has 0 aliphatic heterocycles. The van der Waals surface area contributed by atoms with Crippen LogP contribution in [0.3, 0.4) is 0 Å². The van der Waals surface area contributed by atoms with Crippen LogP contribution in [0.15, 0.2) is 53.7 Å². The Bertz CT molecular complexity index is 1200. The van der Waals surface area contributed by atoms with E-state index in [1.807, 2.05) is 21.4 Å². The number of benzene rings is 1. The number of hydrogen-bond donors (Lipinski definition) is 1. The smallest absolute Gasteiger partial charge is 0.299 e. The molecule has 3 heterocycles. The van der Waals surface area contributed by atoms with Gasteiger partial charge in [0.15, 0.2) is 0 Å². The standard InChI is InChI=1S/C24H29N7O/c1-4-5-20-16-30(13-11-17(2)3)24(32)31(20)15-18-6-8-19(9-7-18)21-10-12-25-14-22(21)23-26-28-29-27-23/h6-10,12,14,16-17H,4-5,11,13,15H2,1-3H3,(H,26,27,28,29). The molecule has 166 valence electrons. The van der Waals surface area contributed by atoms with Gasteiger partial charge in [-0.3, -0.25) is 14.1 Å². The van der Waals surface area contributed by atoms with Gasteiger partial charge in [-0.15, -0.1) is 10.2 Å². The zero-order valence-electron chi connectivity index (χ0n) is 18.8. The Morgan fingerprint density at radius 3 is 2.59 bits per heavy atom. The zero-order chi connectivity index (χ0) is 22.5. The number of tetrazole rings is 1. The van der Waals surface area contributed by atoms with Crippen molar-refractivity contribution in [3.8, 4) is 22.5 Å². The highest BCUT2D eigenvalue weighted by atomic mass is 16.1. The highest BCUT2D eigenvalue weighted by Crippen LogP contribution is 2.29. The maximum atomic E-state index is 13.0. The van der Waals surface area contributed by atoms with Gasteiger partial charge in [0.05, 0.1) is 6.54 Å². The first-order valence-corrected chi connectivity index (χ1v) is 11.1. The minimum Gasteiger partial charge on any atom is -0.299 e. The van der Waals surface area contributed by atoms with E-state index in [-0.39, 0.29) is 5.69 Å². The van der Waals surface area contributed by atoms with Crippen LogP contribution < -0.4 is 5.69 Å². The average Bonchev–Trinajstić information content (AvgIpc) is 3.43. The van der Waals surface area contributed by atoms with Crippen LogP contribution >= 0.6 is 0 Å². The quantitative estimate of drug-likeness (QED) is 0.433. The molecule has 8 nitrogen and oxygen atoms in total. The first kappa shape index (κ1) is 21.7. The number of aromatic amines is 1. The van der Waals surface area contributed by atoms with Gasteiger partial charge in [0.1, 0.15) is 0 Å². The van der Waals surface area contributed by atoms with Crippen LogP contribution in [0.5, 0.6) is 0 Å². The Kier molecular flexibility index (Phi) is 6.58. The lowest BCUT2D eigenvalue weighted by molar-refractivity contribution is 0.502. The summed E-state index contributed by atoms with van der Waals surface area (Å²) in [4.78, 5) is 17.2. The summed E-state index contributed by atoms with van der Waals surface area (Å²) in [6.07, 6.45) is 8.43. The van der Waals surface area contributed by atoms with Crippen molar-refractivity contribution in [2.75, 3.05) is 0 Å². The number of aryl methyl sites for hydroxylation is 2. The number of nitrogens with one attached hydrogen (secondary N) is 1. The summed E-state index contributed by atoms with van der Waals surface area (Å²) in [6.45, 7) is 7.84. The maximum absolute atomic E-state index is 13.0. The zero-order valence-corrected chi connectivity index (χ0v) is 18.8. The van der Waals surface area contributed by atoms with Crippen LogP contribution in [0.25, 0.3) is 22.5 Å². The summed E-state index contributed by atoms with van der Waals surface area (Å²) in [7, 11) is 0. The number of aromatic nitrogens is 7. The molecule has 8 heteroatoms. The topological polar surface area (TPSA) is 94.3 Å². The monoisotopic (exact) mass is 431 g/mol. The molecule has 4 aromatic rings. The summed E-state index contributed by atoms with van der Waals surface area (Å²) in [6, 6.07) is 10.2. The Morgan fingerprint density at radius 2 is 1.91 bits per heavy atom. The molecule has 0 unspecified atom stereocenters. The normalized spacial score (nSPS) is 11.4. The summed E-state index contributed by atoms with van der Waals surface area (Å²) in [5.41, 5.74) is 5.09. The molecule has 0 amide bonds. The fraction of sp³-hybridized carbons (Fsp3) is 0.375. The molecule has 0 aliphatic rings. The van der Waals surface area contributed by atoms with Crippen molar-refractivity contribution >= 4 is 0 Å². The Balaban J connectivity index is 1.60. The fourth-order valence-corrected chi connectivity index (χ4v) is 3.84. The molecule has 0 spiro atoms. The van der Waals surface area contributed by atoms with Gasteiger partial charge in [0.25, 0.3) is 0 Å². The highest BCUT2D eigenvalue weighted by Gasteiger charge is 2.14. The second-order valence-corrected chi connectivity index (χ2v) is 8.47. The van der Waals surface area contributed by atoms with E-state index < -0.39 is 0 Å². The van der Waals surface area contributed by atoms with Gasteiger partial charge in [-0.25, -0.2) is 4.79 Å². The van der Waals surface area contributed by atoms with Crippen LogP contribution in [-0.2, 0) is 19.5 Å².